The van der Waals surface area contributed by atoms with Gasteiger partial charge in [0, 0.05) is 31.0 Å². The third kappa shape index (κ3) is 2.11. The van der Waals surface area contributed by atoms with E-state index < -0.39 is 11.9 Å². The summed E-state index contributed by atoms with van der Waals surface area (Å²) in [4.78, 5) is 3.95. The van der Waals surface area contributed by atoms with Crippen LogP contribution in [0.4, 0.5) is 13.2 Å². The van der Waals surface area contributed by atoms with E-state index in [0.717, 1.165) is 32.0 Å². The SMILES string of the molecule is FC(F)(F)c1cc(-c2cccnc2)nn1C1CC2(CNC2)C1. The summed E-state index contributed by atoms with van der Waals surface area (Å²) in [6, 6.07) is 4.38. The Morgan fingerprint density at radius 2 is 2.05 bits per heavy atom. The molecule has 2 aromatic heterocycles. The first kappa shape index (κ1) is 13.8. The van der Waals surface area contributed by atoms with Crippen LogP contribution in [0.3, 0.4) is 0 Å². The predicted molar refractivity (Wildman–Crippen MR) is 74.0 cm³/mol. The summed E-state index contributed by atoms with van der Waals surface area (Å²) in [5.74, 6) is 0. The number of nitrogens with zero attached hydrogens (tertiary/aromatic N) is 3. The highest BCUT2D eigenvalue weighted by Gasteiger charge is 2.51. The Morgan fingerprint density at radius 1 is 1.27 bits per heavy atom. The van der Waals surface area contributed by atoms with E-state index in [-0.39, 0.29) is 11.5 Å². The number of alkyl halides is 3. The van der Waals surface area contributed by atoms with Gasteiger partial charge in [0.1, 0.15) is 5.69 Å². The van der Waals surface area contributed by atoms with Crippen LogP contribution in [-0.4, -0.2) is 27.9 Å². The van der Waals surface area contributed by atoms with Gasteiger partial charge >= 0.3 is 6.18 Å². The maximum Gasteiger partial charge on any atom is 0.433 e. The minimum absolute atomic E-state index is 0.163. The van der Waals surface area contributed by atoms with Gasteiger partial charge in [0.05, 0.1) is 11.7 Å². The molecule has 0 unspecified atom stereocenters. The molecule has 2 aromatic rings. The van der Waals surface area contributed by atoms with E-state index in [1.165, 1.54) is 10.9 Å². The van der Waals surface area contributed by atoms with Gasteiger partial charge in [0.15, 0.2) is 0 Å². The quantitative estimate of drug-likeness (QED) is 0.927. The van der Waals surface area contributed by atoms with Crippen molar-refractivity contribution >= 4 is 0 Å². The van der Waals surface area contributed by atoms with Gasteiger partial charge in [-0.1, -0.05) is 0 Å². The zero-order valence-electron chi connectivity index (χ0n) is 11.8. The van der Waals surface area contributed by atoms with Crippen molar-refractivity contribution in [3.05, 3.63) is 36.3 Å². The molecule has 2 aliphatic rings. The Balaban J connectivity index is 1.69. The van der Waals surface area contributed by atoms with Gasteiger partial charge in [-0.3, -0.25) is 9.67 Å². The molecular weight excluding hydrogens is 293 g/mol. The first-order valence-corrected chi connectivity index (χ1v) is 7.25. The molecule has 2 fully saturated rings. The summed E-state index contributed by atoms with van der Waals surface area (Å²) in [6.07, 6.45) is 0.248. The number of hydrogen-bond donors (Lipinski definition) is 1. The topological polar surface area (TPSA) is 42.7 Å². The second-order valence-corrected chi connectivity index (χ2v) is 6.26. The molecule has 0 atom stereocenters. The van der Waals surface area contributed by atoms with E-state index in [9.17, 15) is 13.2 Å². The van der Waals surface area contributed by atoms with Crippen LogP contribution >= 0.6 is 0 Å². The van der Waals surface area contributed by atoms with Crippen LogP contribution in [-0.2, 0) is 6.18 Å². The number of aromatic nitrogens is 3. The molecule has 1 aliphatic carbocycles. The third-order valence-corrected chi connectivity index (χ3v) is 4.67. The monoisotopic (exact) mass is 308 g/mol. The molecule has 1 N–H and O–H groups in total. The first-order chi connectivity index (χ1) is 10.5. The summed E-state index contributed by atoms with van der Waals surface area (Å²) in [7, 11) is 0. The van der Waals surface area contributed by atoms with Crippen molar-refractivity contribution in [2.75, 3.05) is 13.1 Å². The number of rotatable bonds is 2. The van der Waals surface area contributed by atoms with Crippen molar-refractivity contribution in [3.8, 4) is 11.3 Å². The van der Waals surface area contributed by atoms with Crippen LogP contribution in [0.1, 0.15) is 24.6 Å². The molecule has 22 heavy (non-hydrogen) atoms. The van der Waals surface area contributed by atoms with Crippen molar-refractivity contribution in [1.82, 2.24) is 20.1 Å². The van der Waals surface area contributed by atoms with Crippen LogP contribution < -0.4 is 5.32 Å². The molecule has 0 radical (unpaired) electrons. The lowest BCUT2D eigenvalue weighted by Gasteiger charge is -2.54. The summed E-state index contributed by atoms with van der Waals surface area (Å²) in [5.41, 5.74) is 0.464. The van der Waals surface area contributed by atoms with E-state index in [2.05, 4.69) is 15.4 Å². The molecule has 1 saturated heterocycles. The lowest BCUT2D eigenvalue weighted by molar-refractivity contribution is -0.147. The Bertz CT molecular complexity index is 681. The van der Waals surface area contributed by atoms with Gasteiger partial charge in [-0.2, -0.15) is 18.3 Å². The summed E-state index contributed by atoms with van der Waals surface area (Å²) >= 11 is 0. The van der Waals surface area contributed by atoms with E-state index in [1.54, 1.807) is 18.3 Å². The van der Waals surface area contributed by atoms with Crippen LogP contribution in [0, 0.1) is 5.41 Å². The van der Waals surface area contributed by atoms with Crippen LogP contribution in [0.2, 0.25) is 0 Å². The van der Waals surface area contributed by atoms with Crippen LogP contribution in [0.5, 0.6) is 0 Å². The van der Waals surface area contributed by atoms with E-state index in [1.807, 2.05) is 0 Å². The van der Waals surface area contributed by atoms with E-state index >= 15 is 0 Å². The zero-order valence-corrected chi connectivity index (χ0v) is 11.8. The summed E-state index contributed by atoms with van der Waals surface area (Å²) in [6.45, 7) is 1.81. The fourth-order valence-corrected chi connectivity index (χ4v) is 3.42. The molecule has 3 heterocycles. The smallest absolute Gasteiger partial charge is 0.316 e. The number of pyridine rings is 1. The Hall–Kier alpha value is -1.89. The fourth-order valence-electron chi connectivity index (χ4n) is 3.42. The highest BCUT2D eigenvalue weighted by atomic mass is 19.4. The maximum absolute atomic E-state index is 13.3. The van der Waals surface area contributed by atoms with Crippen molar-refractivity contribution in [1.29, 1.82) is 0 Å². The highest BCUT2D eigenvalue weighted by Crippen LogP contribution is 2.52. The van der Waals surface area contributed by atoms with Gasteiger partial charge in [-0.15, -0.1) is 0 Å². The highest BCUT2D eigenvalue weighted by molar-refractivity contribution is 5.58. The van der Waals surface area contributed by atoms with E-state index in [4.69, 9.17) is 0 Å². The van der Waals surface area contributed by atoms with Crippen molar-refractivity contribution in [2.45, 2.75) is 25.1 Å². The summed E-state index contributed by atoms with van der Waals surface area (Å²) in [5, 5.41) is 7.42. The molecule has 7 heteroatoms. The molecule has 1 saturated carbocycles. The zero-order chi connectivity index (χ0) is 15.4. The normalized spacial score (nSPS) is 20.7. The van der Waals surface area contributed by atoms with Crippen LogP contribution in [0.15, 0.2) is 30.6 Å². The molecule has 1 spiro atoms. The second kappa shape index (κ2) is 4.55. The van der Waals surface area contributed by atoms with Gasteiger partial charge < -0.3 is 5.32 Å². The van der Waals surface area contributed by atoms with Gasteiger partial charge in [-0.05, 0) is 36.5 Å². The largest absolute Gasteiger partial charge is 0.433 e. The fraction of sp³-hybridized carbons (Fsp3) is 0.467. The molecular formula is C15H15F3N4. The minimum atomic E-state index is -4.39. The van der Waals surface area contributed by atoms with Crippen molar-refractivity contribution in [3.63, 3.8) is 0 Å². The molecule has 0 aromatic carbocycles. The Labute approximate surface area is 125 Å². The molecule has 0 amide bonds. The maximum atomic E-state index is 13.3. The van der Waals surface area contributed by atoms with Gasteiger partial charge in [0.25, 0.3) is 0 Å². The lowest BCUT2D eigenvalue weighted by atomic mass is 9.61. The number of hydrogen-bond acceptors (Lipinski definition) is 3. The first-order valence-electron chi connectivity index (χ1n) is 7.25. The molecule has 4 nitrogen and oxygen atoms in total. The van der Waals surface area contributed by atoms with Gasteiger partial charge in [-0.25, -0.2) is 0 Å². The third-order valence-electron chi connectivity index (χ3n) is 4.67. The average molecular weight is 308 g/mol. The van der Waals surface area contributed by atoms with Gasteiger partial charge in [0.2, 0.25) is 0 Å². The second-order valence-electron chi connectivity index (χ2n) is 6.26. The van der Waals surface area contributed by atoms with Crippen LogP contribution in [0.25, 0.3) is 11.3 Å². The van der Waals surface area contributed by atoms with Crippen molar-refractivity contribution in [2.24, 2.45) is 5.41 Å². The number of nitrogens with one attached hydrogen (secondary N) is 1. The molecule has 0 bridgehead atoms. The molecule has 1 aliphatic heterocycles. The molecule has 116 valence electrons. The lowest BCUT2D eigenvalue weighted by Crippen LogP contribution is -2.60. The molecule has 4 rings (SSSR count). The number of halogens is 3. The predicted octanol–water partition coefficient (Wildman–Crippen LogP) is 2.89. The Kier molecular flexibility index (Phi) is 2.84. The average Bonchev–Trinajstić information content (AvgIpc) is 2.81. The van der Waals surface area contributed by atoms with E-state index in [0.29, 0.717) is 11.3 Å². The standard InChI is InChI=1S/C15H15F3N4/c16-15(17,18)13-4-12(10-2-1-3-19-7-10)21-22(13)11-5-14(6-11)8-20-9-14/h1-4,7,11,20H,5-6,8-9H2. The summed E-state index contributed by atoms with van der Waals surface area (Å²) < 4.78 is 41.1. The Morgan fingerprint density at radius 3 is 2.59 bits per heavy atom. The minimum Gasteiger partial charge on any atom is -0.316 e. The van der Waals surface area contributed by atoms with Crippen molar-refractivity contribution < 1.29 is 13.2 Å².